The summed E-state index contributed by atoms with van der Waals surface area (Å²) in [6.07, 6.45) is 1.64. The van der Waals surface area contributed by atoms with Crippen LogP contribution in [0.4, 0.5) is 0 Å². The molecule has 118 valence electrons. The molecule has 0 spiro atoms. The molecular formula is C21H18N2O. The van der Waals surface area contributed by atoms with Gasteiger partial charge in [-0.1, -0.05) is 72.3 Å². The third kappa shape index (κ3) is 3.96. The zero-order valence-corrected chi connectivity index (χ0v) is 13.4. The van der Waals surface area contributed by atoms with Gasteiger partial charge in [0.25, 0.3) is 5.91 Å². The summed E-state index contributed by atoms with van der Waals surface area (Å²) < 4.78 is 0. The van der Waals surface area contributed by atoms with E-state index in [1.54, 1.807) is 18.3 Å². The molecule has 0 aromatic heterocycles. The lowest BCUT2D eigenvalue weighted by Gasteiger charge is -2.02. The maximum atomic E-state index is 12.0. The van der Waals surface area contributed by atoms with E-state index in [9.17, 15) is 4.79 Å². The van der Waals surface area contributed by atoms with Crippen molar-refractivity contribution in [1.82, 2.24) is 5.43 Å². The van der Waals surface area contributed by atoms with Gasteiger partial charge in [0.1, 0.15) is 0 Å². The molecule has 0 bridgehead atoms. The van der Waals surface area contributed by atoms with Crippen LogP contribution in [0.1, 0.15) is 21.5 Å². The first-order valence-corrected chi connectivity index (χ1v) is 7.78. The largest absolute Gasteiger partial charge is 0.271 e. The van der Waals surface area contributed by atoms with Gasteiger partial charge in [-0.3, -0.25) is 4.79 Å². The summed E-state index contributed by atoms with van der Waals surface area (Å²) in [6, 6.07) is 25.6. The Balaban J connectivity index is 1.62. The number of hydrogen-bond acceptors (Lipinski definition) is 2. The van der Waals surface area contributed by atoms with E-state index in [0.717, 1.165) is 16.7 Å². The monoisotopic (exact) mass is 314 g/mol. The highest BCUT2D eigenvalue weighted by atomic mass is 16.2. The predicted octanol–water partition coefficient (Wildman–Crippen LogP) is 4.43. The van der Waals surface area contributed by atoms with E-state index in [2.05, 4.69) is 22.7 Å². The quantitative estimate of drug-likeness (QED) is 0.562. The van der Waals surface area contributed by atoms with Gasteiger partial charge in [0, 0.05) is 5.56 Å². The highest BCUT2D eigenvalue weighted by Crippen LogP contribution is 2.18. The average molecular weight is 314 g/mol. The molecule has 3 rings (SSSR count). The Bertz CT molecular complexity index is 835. The zero-order valence-electron chi connectivity index (χ0n) is 13.4. The summed E-state index contributed by atoms with van der Waals surface area (Å²) in [7, 11) is 0. The Morgan fingerprint density at radius 2 is 1.46 bits per heavy atom. The molecule has 0 saturated carbocycles. The van der Waals surface area contributed by atoms with Gasteiger partial charge in [0.2, 0.25) is 0 Å². The average Bonchev–Trinajstić information content (AvgIpc) is 2.63. The Kier molecular flexibility index (Phi) is 4.82. The molecule has 0 aliphatic heterocycles. The SMILES string of the molecule is Cc1ccc(C(=O)NN=Cc2ccc(-c3ccccc3)cc2)cc1. The van der Waals surface area contributed by atoms with Gasteiger partial charge in [-0.05, 0) is 35.7 Å². The standard InChI is InChI=1S/C21H18N2O/c1-16-7-11-20(12-8-16)21(24)23-22-15-17-9-13-19(14-10-17)18-5-3-2-4-6-18/h2-15H,1H3,(H,23,24). The number of carbonyl (C=O) groups is 1. The normalized spacial score (nSPS) is 10.7. The number of benzene rings is 3. The lowest BCUT2D eigenvalue weighted by molar-refractivity contribution is 0.0955. The van der Waals surface area contributed by atoms with E-state index in [1.807, 2.05) is 61.5 Å². The summed E-state index contributed by atoms with van der Waals surface area (Å²) in [4.78, 5) is 12.0. The summed E-state index contributed by atoms with van der Waals surface area (Å²) in [6.45, 7) is 1.99. The van der Waals surface area contributed by atoms with Crippen LogP contribution in [-0.4, -0.2) is 12.1 Å². The van der Waals surface area contributed by atoms with Crippen molar-refractivity contribution in [1.29, 1.82) is 0 Å². The number of carbonyl (C=O) groups excluding carboxylic acids is 1. The van der Waals surface area contributed by atoms with Crippen molar-refractivity contribution in [2.45, 2.75) is 6.92 Å². The molecule has 0 heterocycles. The minimum absolute atomic E-state index is 0.216. The molecule has 0 fully saturated rings. The van der Waals surface area contributed by atoms with Crippen LogP contribution in [0, 0.1) is 6.92 Å². The molecule has 0 radical (unpaired) electrons. The van der Waals surface area contributed by atoms with Crippen molar-refractivity contribution in [2.75, 3.05) is 0 Å². The summed E-state index contributed by atoms with van der Waals surface area (Å²) >= 11 is 0. The first kappa shape index (κ1) is 15.7. The summed E-state index contributed by atoms with van der Waals surface area (Å²) in [5.74, 6) is -0.216. The van der Waals surface area contributed by atoms with Crippen molar-refractivity contribution in [3.63, 3.8) is 0 Å². The van der Waals surface area contributed by atoms with Gasteiger partial charge in [0.15, 0.2) is 0 Å². The molecule has 3 aromatic carbocycles. The van der Waals surface area contributed by atoms with Gasteiger partial charge in [-0.15, -0.1) is 0 Å². The Morgan fingerprint density at radius 1 is 0.833 bits per heavy atom. The zero-order chi connectivity index (χ0) is 16.8. The maximum Gasteiger partial charge on any atom is 0.271 e. The van der Waals surface area contributed by atoms with E-state index in [-0.39, 0.29) is 5.91 Å². The molecular weight excluding hydrogens is 296 g/mol. The van der Waals surface area contributed by atoms with E-state index < -0.39 is 0 Å². The topological polar surface area (TPSA) is 41.5 Å². The first-order chi connectivity index (χ1) is 11.7. The number of nitrogens with one attached hydrogen (secondary N) is 1. The van der Waals surface area contributed by atoms with Gasteiger partial charge in [0.05, 0.1) is 6.21 Å². The molecule has 3 nitrogen and oxygen atoms in total. The highest BCUT2D eigenvalue weighted by molar-refractivity contribution is 5.94. The van der Waals surface area contributed by atoms with Gasteiger partial charge in [-0.2, -0.15) is 5.10 Å². The third-order valence-corrected chi connectivity index (χ3v) is 3.71. The fraction of sp³-hybridized carbons (Fsp3) is 0.0476. The van der Waals surface area contributed by atoms with Crippen LogP contribution in [0.3, 0.4) is 0 Å². The van der Waals surface area contributed by atoms with Crippen molar-refractivity contribution in [3.05, 3.63) is 95.6 Å². The van der Waals surface area contributed by atoms with E-state index in [0.29, 0.717) is 5.56 Å². The van der Waals surface area contributed by atoms with Crippen LogP contribution in [0.5, 0.6) is 0 Å². The molecule has 1 amide bonds. The van der Waals surface area contributed by atoms with Gasteiger partial charge < -0.3 is 0 Å². The number of hydrazone groups is 1. The predicted molar refractivity (Wildman–Crippen MR) is 98.1 cm³/mol. The molecule has 0 aliphatic carbocycles. The van der Waals surface area contributed by atoms with Crippen LogP contribution in [0.25, 0.3) is 11.1 Å². The Labute approximate surface area is 141 Å². The number of rotatable bonds is 4. The van der Waals surface area contributed by atoms with Crippen LogP contribution in [0.15, 0.2) is 84.0 Å². The van der Waals surface area contributed by atoms with E-state index >= 15 is 0 Å². The number of hydrogen-bond donors (Lipinski definition) is 1. The minimum atomic E-state index is -0.216. The molecule has 24 heavy (non-hydrogen) atoms. The van der Waals surface area contributed by atoms with E-state index in [4.69, 9.17) is 0 Å². The molecule has 3 aromatic rings. The molecule has 1 N–H and O–H groups in total. The fourth-order valence-electron chi connectivity index (χ4n) is 2.33. The number of amides is 1. The summed E-state index contributed by atoms with van der Waals surface area (Å²) in [5.41, 5.74) is 7.51. The second kappa shape index (κ2) is 7.38. The lowest BCUT2D eigenvalue weighted by atomic mass is 10.0. The van der Waals surface area contributed by atoms with Crippen LogP contribution in [-0.2, 0) is 0 Å². The van der Waals surface area contributed by atoms with Crippen molar-refractivity contribution in [3.8, 4) is 11.1 Å². The van der Waals surface area contributed by atoms with Crippen molar-refractivity contribution >= 4 is 12.1 Å². The Morgan fingerprint density at radius 3 is 2.12 bits per heavy atom. The molecule has 0 unspecified atom stereocenters. The second-order valence-electron chi connectivity index (χ2n) is 5.55. The molecule has 0 aliphatic rings. The smallest absolute Gasteiger partial charge is 0.267 e. The lowest BCUT2D eigenvalue weighted by Crippen LogP contribution is -2.17. The Hall–Kier alpha value is -3.20. The maximum absolute atomic E-state index is 12.0. The van der Waals surface area contributed by atoms with Crippen LogP contribution in [0.2, 0.25) is 0 Å². The van der Waals surface area contributed by atoms with Crippen molar-refractivity contribution in [2.24, 2.45) is 5.10 Å². The molecule has 3 heteroatoms. The molecule has 0 atom stereocenters. The minimum Gasteiger partial charge on any atom is -0.267 e. The second-order valence-corrected chi connectivity index (χ2v) is 5.55. The highest BCUT2D eigenvalue weighted by Gasteiger charge is 2.02. The van der Waals surface area contributed by atoms with Gasteiger partial charge in [-0.25, -0.2) is 5.43 Å². The van der Waals surface area contributed by atoms with Gasteiger partial charge >= 0.3 is 0 Å². The number of aryl methyl sites for hydroxylation is 1. The van der Waals surface area contributed by atoms with Crippen LogP contribution < -0.4 is 5.43 Å². The fourth-order valence-corrected chi connectivity index (χ4v) is 2.33. The van der Waals surface area contributed by atoms with E-state index in [1.165, 1.54) is 5.56 Å². The first-order valence-electron chi connectivity index (χ1n) is 7.78. The van der Waals surface area contributed by atoms with Crippen LogP contribution >= 0.6 is 0 Å². The summed E-state index contributed by atoms with van der Waals surface area (Å²) in [5, 5.41) is 4.02. The molecule has 0 saturated heterocycles. The van der Waals surface area contributed by atoms with Crippen molar-refractivity contribution < 1.29 is 4.79 Å². The third-order valence-electron chi connectivity index (χ3n) is 3.71. The number of nitrogens with zero attached hydrogens (tertiary/aromatic N) is 1.